The SMILES string of the molecule is COc1ccc(Nc2ccc(NC(=O)c3ccccc3F)nc2)cc1. The van der Waals surface area contributed by atoms with Crippen molar-refractivity contribution in [1.82, 2.24) is 4.98 Å². The molecule has 1 heterocycles. The summed E-state index contributed by atoms with van der Waals surface area (Å²) in [7, 11) is 1.61. The van der Waals surface area contributed by atoms with E-state index in [1.54, 1.807) is 31.5 Å². The number of nitrogens with zero attached hydrogens (tertiary/aromatic N) is 1. The Morgan fingerprint density at radius 3 is 2.36 bits per heavy atom. The zero-order valence-electron chi connectivity index (χ0n) is 13.5. The first kappa shape index (κ1) is 16.4. The number of ether oxygens (including phenoxy) is 1. The molecule has 0 bridgehead atoms. The molecule has 0 radical (unpaired) electrons. The minimum atomic E-state index is -0.571. The van der Waals surface area contributed by atoms with Gasteiger partial charge in [-0.1, -0.05) is 12.1 Å². The molecule has 0 spiro atoms. The predicted molar refractivity (Wildman–Crippen MR) is 94.9 cm³/mol. The van der Waals surface area contributed by atoms with Crippen LogP contribution in [0.15, 0.2) is 66.9 Å². The molecule has 3 rings (SSSR count). The Bertz CT molecular complexity index is 865. The number of anilines is 3. The molecule has 0 fully saturated rings. The number of methoxy groups -OCH3 is 1. The third-order valence-corrected chi connectivity index (χ3v) is 3.50. The van der Waals surface area contributed by atoms with Crippen LogP contribution in [-0.4, -0.2) is 18.0 Å². The molecule has 1 amide bonds. The van der Waals surface area contributed by atoms with Crippen molar-refractivity contribution in [2.75, 3.05) is 17.7 Å². The molecule has 0 aliphatic heterocycles. The fourth-order valence-corrected chi connectivity index (χ4v) is 2.21. The molecular formula is C19H16FN3O2. The number of amides is 1. The van der Waals surface area contributed by atoms with E-state index in [9.17, 15) is 9.18 Å². The van der Waals surface area contributed by atoms with Gasteiger partial charge in [0.25, 0.3) is 5.91 Å². The Balaban J connectivity index is 1.65. The van der Waals surface area contributed by atoms with E-state index in [1.165, 1.54) is 18.2 Å². The van der Waals surface area contributed by atoms with E-state index < -0.39 is 11.7 Å². The van der Waals surface area contributed by atoms with Crippen LogP contribution in [-0.2, 0) is 0 Å². The van der Waals surface area contributed by atoms with Gasteiger partial charge in [0.05, 0.1) is 24.6 Å². The fourth-order valence-electron chi connectivity index (χ4n) is 2.21. The molecule has 2 aromatic carbocycles. The van der Waals surface area contributed by atoms with Crippen molar-refractivity contribution in [3.8, 4) is 5.75 Å². The molecule has 6 heteroatoms. The minimum absolute atomic E-state index is 0.0234. The molecular weight excluding hydrogens is 321 g/mol. The first-order valence-corrected chi connectivity index (χ1v) is 7.59. The summed E-state index contributed by atoms with van der Waals surface area (Å²) in [6, 6.07) is 16.7. The molecule has 126 valence electrons. The molecule has 0 atom stereocenters. The van der Waals surface area contributed by atoms with Crippen molar-refractivity contribution in [3.05, 3.63) is 78.2 Å². The van der Waals surface area contributed by atoms with Gasteiger partial charge in [0.1, 0.15) is 17.4 Å². The average Bonchev–Trinajstić information content (AvgIpc) is 2.64. The number of halogens is 1. The van der Waals surface area contributed by atoms with Crippen molar-refractivity contribution < 1.29 is 13.9 Å². The third-order valence-electron chi connectivity index (χ3n) is 3.50. The van der Waals surface area contributed by atoms with Crippen LogP contribution < -0.4 is 15.4 Å². The van der Waals surface area contributed by atoms with Gasteiger partial charge < -0.3 is 15.4 Å². The van der Waals surface area contributed by atoms with E-state index in [2.05, 4.69) is 15.6 Å². The second-order valence-electron chi connectivity index (χ2n) is 5.22. The Morgan fingerprint density at radius 1 is 1.00 bits per heavy atom. The van der Waals surface area contributed by atoms with E-state index in [4.69, 9.17) is 4.74 Å². The van der Waals surface area contributed by atoms with Gasteiger partial charge in [0.2, 0.25) is 0 Å². The standard InChI is InChI=1S/C19H16FN3O2/c1-25-15-9-6-13(7-10-15)22-14-8-11-18(21-12-14)23-19(24)16-4-2-3-5-17(16)20/h2-12,22H,1H3,(H,21,23,24). The van der Waals surface area contributed by atoms with Crippen molar-refractivity contribution in [1.29, 1.82) is 0 Å². The number of hydrogen-bond acceptors (Lipinski definition) is 4. The normalized spacial score (nSPS) is 10.2. The lowest BCUT2D eigenvalue weighted by atomic mass is 10.2. The highest BCUT2D eigenvalue weighted by atomic mass is 19.1. The fraction of sp³-hybridized carbons (Fsp3) is 0.0526. The van der Waals surface area contributed by atoms with Gasteiger partial charge in [0, 0.05) is 5.69 Å². The Morgan fingerprint density at radius 2 is 1.72 bits per heavy atom. The molecule has 2 N–H and O–H groups in total. The van der Waals surface area contributed by atoms with Crippen molar-refractivity contribution >= 4 is 23.1 Å². The molecule has 0 unspecified atom stereocenters. The Kier molecular flexibility index (Phi) is 4.89. The first-order valence-electron chi connectivity index (χ1n) is 7.59. The van der Waals surface area contributed by atoms with Crippen LogP contribution >= 0.6 is 0 Å². The molecule has 25 heavy (non-hydrogen) atoms. The molecule has 0 aliphatic rings. The van der Waals surface area contributed by atoms with E-state index in [0.717, 1.165) is 17.1 Å². The zero-order valence-corrected chi connectivity index (χ0v) is 13.5. The highest BCUT2D eigenvalue weighted by molar-refractivity contribution is 6.03. The van der Waals surface area contributed by atoms with Gasteiger partial charge in [-0.05, 0) is 48.5 Å². The zero-order chi connectivity index (χ0) is 17.6. The molecule has 0 aliphatic carbocycles. The first-order chi connectivity index (χ1) is 12.2. The average molecular weight is 337 g/mol. The molecule has 0 saturated carbocycles. The summed E-state index contributed by atoms with van der Waals surface area (Å²) in [5.74, 6) is 0.00247. The predicted octanol–water partition coefficient (Wildman–Crippen LogP) is 4.23. The van der Waals surface area contributed by atoms with Crippen LogP contribution in [0, 0.1) is 5.82 Å². The summed E-state index contributed by atoms with van der Waals surface area (Å²) in [4.78, 5) is 16.2. The summed E-state index contributed by atoms with van der Waals surface area (Å²) in [5.41, 5.74) is 1.62. The van der Waals surface area contributed by atoms with E-state index in [0.29, 0.717) is 5.82 Å². The molecule has 0 saturated heterocycles. The Hall–Kier alpha value is -3.41. The van der Waals surface area contributed by atoms with Gasteiger partial charge in [-0.25, -0.2) is 9.37 Å². The lowest BCUT2D eigenvalue weighted by Crippen LogP contribution is -2.14. The van der Waals surface area contributed by atoms with Crippen LogP contribution in [0.25, 0.3) is 0 Å². The minimum Gasteiger partial charge on any atom is -0.497 e. The number of hydrogen-bond donors (Lipinski definition) is 2. The second kappa shape index (κ2) is 7.44. The van der Waals surface area contributed by atoms with Gasteiger partial charge in [0.15, 0.2) is 0 Å². The van der Waals surface area contributed by atoms with Gasteiger partial charge >= 0.3 is 0 Å². The third kappa shape index (κ3) is 4.11. The lowest BCUT2D eigenvalue weighted by Gasteiger charge is -2.09. The summed E-state index contributed by atoms with van der Waals surface area (Å²) >= 11 is 0. The van der Waals surface area contributed by atoms with Crippen LogP contribution in [0.4, 0.5) is 21.6 Å². The number of carbonyl (C=O) groups excluding carboxylic acids is 1. The van der Waals surface area contributed by atoms with E-state index in [-0.39, 0.29) is 5.56 Å². The van der Waals surface area contributed by atoms with E-state index >= 15 is 0 Å². The van der Waals surface area contributed by atoms with Crippen molar-refractivity contribution in [2.45, 2.75) is 0 Å². The van der Waals surface area contributed by atoms with Crippen LogP contribution in [0.2, 0.25) is 0 Å². The quantitative estimate of drug-likeness (QED) is 0.731. The Labute approximate surface area is 144 Å². The smallest absolute Gasteiger partial charge is 0.259 e. The van der Waals surface area contributed by atoms with Crippen molar-refractivity contribution in [2.24, 2.45) is 0 Å². The highest BCUT2D eigenvalue weighted by Gasteiger charge is 2.11. The number of aromatic nitrogens is 1. The maximum atomic E-state index is 13.6. The van der Waals surface area contributed by atoms with Gasteiger partial charge in [-0.2, -0.15) is 0 Å². The summed E-state index contributed by atoms with van der Waals surface area (Å²) in [6.07, 6.45) is 1.58. The van der Waals surface area contributed by atoms with Gasteiger partial charge in [-0.15, -0.1) is 0 Å². The van der Waals surface area contributed by atoms with Crippen LogP contribution in [0.1, 0.15) is 10.4 Å². The monoisotopic (exact) mass is 337 g/mol. The van der Waals surface area contributed by atoms with E-state index in [1.807, 2.05) is 24.3 Å². The number of benzene rings is 2. The van der Waals surface area contributed by atoms with Crippen LogP contribution in [0.5, 0.6) is 5.75 Å². The van der Waals surface area contributed by atoms with Gasteiger partial charge in [-0.3, -0.25) is 4.79 Å². The molecule has 1 aromatic heterocycles. The highest BCUT2D eigenvalue weighted by Crippen LogP contribution is 2.20. The molecule has 3 aromatic rings. The maximum Gasteiger partial charge on any atom is 0.259 e. The second-order valence-corrected chi connectivity index (χ2v) is 5.22. The largest absolute Gasteiger partial charge is 0.497 e. The lowest BCUT2D eigenvalue weighted by molar-refractivity contribution is 0.102. The summed E-state index contributed by atoms with van der Waals surface area (Å²) in [5, 5.41) is 5.76. The topological polar surface area (TPSA) is 63.2 Å². The number of carbonyl (C=O) groups is 1. The number of rotatable bonds is 5. The molecule has 5 nitrogen and oxygen atoms in total. The number of nitrogens with one attached hydrogen (secondary N) is 2. The summed E-state index contributed by atoms with van der Waals surface area (Å²) < 4.78 is 18.7. The maximum absolute atomic E-state index is 13.6. The summed E-state index contributed by atoms with van der Waals surface area (Å²) in [6.45, 7) is 0. The van der Waals surface area contributed by atoms with Crippen LogP contribution in [0.3, 0.4) is 0 Å². The van der Waals surface area contributed by atoms with Crippen molar-refractivity contribution in [3.63, 3.8) is 0 Å². The number of pyridine rings is 1.